The molecule has 0 saturated heterocycles. The number of ether oxygens (including phenoxy) is 1. The van der Waals surface area contributed by atoms with Crippen LogP contribution in [0.5, 0.6) is 0 Å². The monoisotopic (exact) mass is 188 g/mol. The summed E-state index contributed by atoms with van der Waals surface area (Å²) in [6.07, 6.45) is 1.64. The molecule has 0 heterocycles. The predicted octanol–water partition coefficient (Wildman–Crippen LogP) is 1.59. The Labute approximate surface area is 80.1 Å². The zero-order valence-electron chi connectivity index (χ0n) is 8.75. The quantitative estimate of drug-likeness (QED) is 0.644. The van der Waals surface area contributed by atoms with Gasteiger partial charge in [-0.25, -0.2) is 0 Å². The van der Waals surface area contributed by atoms with Crippen LogP contribution >= 0.6 is 0 Å². The minimum atomic E-state index is -0.230. The van der Waals surface area contributed by atoms with E-state index in [1.807, 2.05) is 0 Å². The Hall–Kier alpha value is -0.570. The van der Waals surface area contributed by atoms with E-state index in [-0.39, 0.29) is 12.6 Å². The molecule has 0 amide bonds. The highest BCUT2D eigenvalue weighted by atomic mass is 16.5. The van der Waals surface area contributed by atoms with Gasteiger partial charge in [-0.05, 0) is 24.7 Å². The SMILES string of the molecule is CC(=O)OCC[C@H](CCO)C(C)C. The van der Waals surface area contributed by atoms with Gasteiger partial charge in [-0.2, -0.15) is 0 Å². The first kappa shape index (κ1) is 12.4. The van der Waals surface area contributed by atoms with E-state index in [1.165, 1.54) is 6.92 Å². The van der Waals surface area contributed by atoms with E-state index in [9.17, 15) is 4.79 Å². The van der Waals surface area contributed by atoms with Crippen molar-refractivity contribution < 1.29 is 14.6 Å². The van der Waals surface area contributed by atoms with Gasteiger partial charge in [-0.1, -0.05) is 13.8 Å². The van der Waals surface area contributed by atoms with Crippen molar-refractivity contribution in [3.8, 4) is 0 Å². The lowest BCUT2D eigenvalue weighted by atomic mass is 9.90. The first-order chi connectivity index (χ1) is 6.07. The summed E-state index contributed by atoms with van der Waals surface area (Å²) in [5.74, 6) is 0.749. The van der Waals surface area contributed by atoms with Crippen molar-refractivity contribution >= 4 is 5.97 Å². The summed E-state index contributed by atoms with van der Waals surface area (Å²) < 4.78 is 4.85. The summed E-state index contributed by atoms with van der Waals surface area (Å²) in [4.78, 5) is 10.5. The molecule has 0 aliphatic carbocycles. The highest BCUT2D eigenvalue weighted by Gasteiger charge is 2.12. The molecule has 0 unspecified atom stereocenters. The van der Waals surface area contributed by atoms with E-state index in [4.69, 9.17) is 9.84 Å². The molecule has 1 N–H and O–H groups in total. The number of esters is 1. The van der Waals surface area contributed by atoms with Crippen LogP contribution < -0.4 is 0 Å². The van der Waals surface area contributed by atoms with Gasteiger partial charge in [0.1, 0.15) is 0 Å². The second-order valence-electron chi connectivity index (χ2n) is 3.65. The molecule has 0 rings (SSSR count). The summed E-state index contributed by atoms with van der Waals surface area (Å²) >= 11 is 0. The first-order valence-corrected chi connectivity index (χ1v) is 4.82. The number of aliphatic hydroxyl groups is 1. The van der Waals surface area contributed by atoms with Gasteiger partial charge in [-0.15, -0.1) is 0 Å². The molecule has 0 saturated carbocycles. The molecule has 0 aliphatic rings. The number of hydrogen-bond donors (Lipinski definition) is 1. The first-order valence-electron chi connectivity index (χ1n) is 4.82. The Bertz CT molecular complexity index is 143. The predicted molar refractivity (Wildman–Crippen MR) is 51.3 cm³/mol. The molecule has 0 radical (unpaired) electrons. The van der Waals surface area contributed by atoms with Gasteiger partial charge in [0.25, 0.3) is 0 Å². The zero-order chi connectivity index (χ0) is 10.3. The van der Waals surface area contributed by atoms with Gasteiger partial charge in [-0.3, -0.25) is 4.79 Å². The lowest BCUT2D eigenvalue weighted by molar-refractivity contribution is -0.141. The van der Waals surface area contributed by atoms with E-state index >= 15 is 0 Å². The number of rotatable bonds is 6. The van der Waals surface area contributed by atoms with Crippen molar-refractivity contribution in [2.24, 2.45) is 11.8 Å². The maximum Gasteiger partial charge on any atom is 0.302 e. The van der Waals surface area contributed by atoms with Gasteiger partial charge in [0.05, 0.1) is 6.61 Å². The molecule has 0 aromatic heterocycles. The standard InChI is InChI=1S/C10H20O3/c1-8(2)10(4-6-11)5-7-13-9(3)12/h8,10-11H,4-7H2,1-3H3/t10-/m0/s1. The molecule has 0 aliphatic heterocycles. The maximum absolute atomic E-state index is 10.5. The van der Waals surface area contributed by atoms with E-state index in [1.54, 1.807) is 0 Å². The summed E-state index contributed by atoms with van der Waals surface area (Å²) in [5.41, 5.74) is 0. The Balaban J connectivity index is 3.62. The topological polar surface area (TPSA) is 46.5 Å². The third-order valence-corrected chi connectivity index (χ3v) is 2.24. The second kappa shape index (κ2) is 6.89. The average molecular weight is 188 g/mol. The van der Waals surface area contributed by atoms with Gasteiger partial charge in [0, 0.05) is 13.5 Å². The van der Waals surface area contributed by atoms with Gasteiger partial charge < -0.3 is 9.84 Å². The van der Waals surface area contributed by atoms with Crippen LogP contribution in [0.2, 0.25) is 0 Å². The van der Waals surface area contributed by atoms with Crippen LogP contribution in [0.4, 0.5) is 0 Å². The third-order valence-electron chi connectivity index (χ3n) is 2.24. The van der Waals surface area contributed by atoms with Crippen LogP contribution in [0.25, 0.3) is 0 Å². The average Bonchev–Trinajstić information content (AvgIpc) is 2.02. The van der Waals surface area contributed by atoms with Crippen LogP contribution in [-0.2, 0) is 9.53 Å². The zero-order valence-corrected chi connectivity index (χ0v) is 8.75. The molecule has 3 nitrogen and oxygen atoms in total. The van der Waals surface area contributed by atoms with Gasteiger partial charge in [0.15, 0.2) is 0 Å². The number of hydrogen-bond acceptors (Lipinski definition) is 3. The number of aliphatic hydroxyl groups excluding tert-OH is 1. The molecular formula is C10H20O3. The molecule has 0 aromatic rings. The lowest BCUT2D eigenvalue weighted by Crippen LogP contribution is -2.14. The minimum Gasteiger partial charge on any atom is -0.466 e. The van der Waals surface area contributed by atoms with E-state index < -0.39 is 0 Å². The fraction of sp³-hybridized carbons (Fsp3) is 0.900. The fourth-order valence-corrected chi connectivity index (χ4v) is 1.33. The maximum atomic E-state index is 10.5. The van der Waals surface area contributed by atoms with Crippen LogP contribution in [0.15, 0.2) is 0 Å². The smallest absolute Gasteiger partial charge is 0.302 e. The van der Waals surface area contributed by atoms with Crippen molar-refractivity contribution in [2.75, 3.05) is 13.2 Å². The normalized spacial score (nSPS) is 13.0. The largest absolute Gasteiger partial charge is 0.466 e. The summed E-state index contributed by atoms with van der Waals surface area (Å²) in [6.45, 7) is 6.33. The van der Waals surface area contributed by atoms with Crippen LogP contribution in [-0.4, -0.2) is 24.3 Å². The third kappa shape index (κ3) is 6.58. The molecular weight excluding hydrogens is 168 g/mol. The minimum absolute atomic E-state index is 0.211. The highest BCUT2D eigenvalue weighted by molar-refractivity contribution is 5.65. The highest BCUT2D eigenvalue weighted by Crippen LogP contribution is 2.18. The Kier molecular flexibility index (Phi) is 6.59. The molecule has 13 heavy (non-hydrogen) atoms. The van der Waals surface area contributed by atoms with Crippen LogP contribution in [0, 0.1) is 11.8 Å². The second-order valence-corrected chi connectivity index (χ2v) is 3.65. The lowest BCUT2D eigenvalue weighted by Gasteiger charge is -2.19. The van der Waals surface area contributed by atoms with Crippen molar-refractivity contribution in [3.05, 3.63) is 0 Å². The summed E-state index contributed by atoms with van der Waals surface area (Å²) in [5, 5.41) is 8.79. The summed E-state index contributed by atoms with van der Waals surface area (Å²) in [7, 11) is 0. The molecule has 0 fully saturated rings. The van der Waals surface area contributed by atoms with Gasteiger partial charge >= 0.3 is 5.97 Å². The van der Waals surface area contributed by atoms with Crippen LogP contribution in [0.3, 0.4) is 0 Å². The fourth-order valence-electron chi connectivity index (χ4n) is 1.33. The molecule has 3 heteroatoms. The van der Waals surface area contributed by atoms with E-state index in [0.717, 1.165) is 12.8 Å². The van der Waals surface area contributed by atoms with Gasteiger partial charge in [0.2, 0.25) is 0 Å². The molecule has 78 valence electrons. The Morgan fingerprint density at radius 3 is 2.38 bits per heavy atom. The van der Waals surface area contributed by atoms with Crippen LogP contribution in [0.1, 0.15) is 33.6 Å². The molecule has 1 atom stereocenters. The number of carbonyl (C=O) groups is 1. The van der Waals surface area contributed by atoms with Crippen molar-refractivity contribution in [2.45, 2.75) is 33.6 Å². The van der Waals surface area contributed by atoms with E-state index in [2.05, 4.69) is 13.8 Å². The Morgan fingerprint density at radius 2 is 2.00 bits per heavy atom. The van der Waals surface area contributed by atoms with E-state index in [0.29, 0.717) is 18.4 Å². The molecule has 0 bridgehead atoms. The Morgan fingerprint density at radius 1 is 1.38 bits per heavy atom. The van der Waals surface area contributed by atoms with Crippen molar-refractivity contribution in [1.82, 2.24) is 0 Å². The van der Waals surface area contributed by atoms with Crippen molar-refractivity contribution in [3.63, 3.8) is 0 Å². The summed E-state index contributed by atoms with van der Waals surface area (Å²) in [6, 6.07) is 0. The molecule has 0 spiro atoms. The number of carbonyl (C=O) groups excluding carboxylic acids is 1. The van der Waals surface area contributed by atoms with Crippen molar-refractivity contribution in [1.29, 1.82) is 0 Å². The molecule has 0 aromatic carbocycles.